The van der Waals surface area contributed by atoms with Gasteiger partial charge in [-0.15, -0.1) is 0 Å². The molecule has 3 rings (SSSR count). The van der Waals surface area contributed by atoms with E-state index in [9.17, 15) is 9.59 Å². The van der Waals surface area contributed by atoms with Crippen molar-refractivity contribution in [3.63, 3.8) is 0 Å². The van der Waals surface area contributed by atoms with Crippen LogP contribution < -0.4 is 26.0 Å². The molecule has 1 atom stereocenters. The van der Waals surface area contributed by atoms with Gasteiger partial charge in [-0.05, 0) is 70.8 Å². The smallest absolute Gasteiger partial charge is 0.265 e. The number of amides is 2. The van der Waals surface area contributed by atoms with Gasteiger partial charge in [-0.1, -0.05) is 23.7 Å². The Morgan fingerprint density at radius 3 is 2.75 bits per heavy atom. The number of halogens is 1. The van der Waals surface area contributed by atoms with Gasteiger partial charge in [0.15, 0.2) is 6.17 Å². The molecule has 2 aliphatic heterocycles. The Hall–Kier alpha value is -2.29. The zero-order valence-corrected chi connectivity index (χ0v) is 19.8. The molecular formula is C23H34ClN5O3. The van der Waals surface area contributed by atoms with E-state index in [1.165, 1.54) is 4.90 Å². The van der Waals surface area contributed by atoms with Crippen LogP contribution in [0.25, 0.3) is 5.70 Å². The van der Waals surface area contributed by atoms with Crippen molar-refractivity contribution < 1.29 is 14.3 Å². The van der Waals surface area contributed by atoms with Crippen molar-refractivity contribution in [2.24, 2.45) is 5.92 Å². The number of hydrogen-bond acceptors (Lipinski definition) is 6. The lowest BCUT2D eigenvalue weighted by Gasteiger charge is -2.36. The average Bonchev–Trinajstić information content (AvgIpc) is 2.77. The SMILES string of the molecule is COc1cccc(C2=C(Cl)NC(NCCC3CCNCC3)C(=O)N2CC(=O)NC(C)C)c1. The Morgan fingerprint density at radius 2 is 2.06 bits per heavy atom. The Bertz CT molecular complexity index is 839. The molecule has 4 N–H and O–H groups in total. The third-order valence-electron chi connectivity index (χ3n) is 5.72. The Kier molecular flexibility index (Phi) is 8.78. The summed E-state index contributed by atoms with van der Waals surface area (Å²) in [6, 6.07) is 7.25. The molecule has 2 aliphatic rings. The second-order valence-electron chi connectivity index (χ2n) is 8.55. The maximum atomic E-state index is 13.4. The maximum absolute atomic E-state index is 13.4. The van der Waals surface area contributed by atoms with Gasteiger partial charge in [-0.2, -0.15) is 0 Å². The number of ether oxygens (including phenoxy) is 1. The molecule has 2 heterocycles. The Morgan fingerprint density at radius 1 is 1.31 bits per heavy atom. The maximum Gasteiger partial charge on any atom is 0.265 e. The summed E-state index contributed by atoms with van der Waals surface area (Å²) in [7, 11) is 1.58. The van der Waals surface area contributed by atoms with E-state index >= 15 is 0 Å². The molecular weight excluding hydrogens is 430 g/mol. The molecule has 0 bridgehead atoms. The number of nitrogens with zero attached hydrogens (tertiary/aromatic N) is 1. The van der Waals surface area contributed by atoms with Gasteiger partial charge in [0.25, 0.3) is 5.91 Å². The predicted octanol–water partition coefficient (Wildman–Crippen LogP) is 1.82. The van der Waals surface area contributed by atoms with E-state index in [2.05, 4.69) is 21.3 Å². The molecule has 2 amide bonds. The van der Waals surface area contributed by atoms with E-state index in [-0.39, 0.29) is 24.4 Å². The molecule has 1 fully saturated rings. The van der Waals surface area contributed by atoms with Gasteiger partial charge in [0.05, 0.1) is 12.8 Å². The highest BCUT2D eigenvalue weighted by molar-refractivity contribution is 6.33. The fourth-order valence-electron chi connectivity index (χ4n) is 4.10. The van der Waals surface area contributed by atoms with E-state index in [0.29, 0.717) is 34.6 Å². The number of benzene rings is 1. The first-order valence-corrected chi connectivity index (χ1v) is 11.6. The molecule has 9 heteroatoms. The van der Waals surface area contributed by atoms with Crippen LogP contribution in [0.5, 0.6) is 5.75 Å². The van der Waals surface area contributed by atoms with Crippen LogP contribution in [0.1, 0.15) is 38.7 Å². The molecule has 0 aromatic heterocycles. The summed E-state index contributed by atoms with van der Waals surface area (Å²) in [5, 5.41) is 12.9. The van der Waals surface area contributed by atoms with Crippen LogP contribution in [0.3, 0.4) is 0 Å². The van der Waals surface area contributed by atoms with E-state index < -0.39 is 6.17 Å². The second-order valence-corrected chi connectivity index (χ2v) is 8.93. The number of nitrogens with one attached hydrogen (secondary N) is 4. The largest absolute Gasteiger partial charge is 0.497 e. The lowest BCUT2D eigenvalue weighted by Crippen LogP contribution is -2.58. The highest BCUT2D eigenvalue weighted by Gasteiger charge is 2.35. The minimum Gasteiger partial charge on any atom is -0.497 e. The highest BCUT2D eigenvalue weighted by Crippen LogP contribution is 2.30. The monoisotopic (exact) mass is 463 g/mol. The minimum absolute atomic E-state index is 0.0286. The van der Waals surface area contributed by atoms with Crippen LogP contribution in [-0.4, -0.2) is 62.2 Å². The average molecular weight is 464 g/mol. The zero-order valence-electron chi connectivity index (χ0n) is 19.0. The van der Waals surface area contributed by atoms with Crippen molar-refractivity contribution in [1.29, 1.82) is 0 Å². The molecule has 176 valence electrons. The van der Waals surface area contributed by atoms with E-state index in [1.54, 1.807) is 13.2 Å². The Balaban J connectivity index is 1.79. The van der Waals surface area contributed by atoms with E-state index in [4.69, 9.17) is 16.3 Å². The van der Waals surface area contributed by atoms with Crippen molar-refractivity contribution in [1.82, 2.24) is 26.2 Å². The molecule has 1 aromatic rings. The third-order valence-corrected chi connectivity index (χ3v) is 6.00. The van der Waals surface area contributed by atoms with E-state index in [0.717, 1.165) is 32.4 Å². The number of carbonyl (C=O) groups excluding carboxylic acids is 2. The van der Waals surface area contributed by atoms with Crippen LogP contribution >= 0.6 is 11.6 Å². The van der Waals surface area contributed by atoms with Crippen LogP contribution in [0.2, 0.25) is 0 Å². The molecule has 32 heavy (non-hydrogen) atoms. The topological polar surface area (TPSA) is 94.7 Å². The van der Waals surface area contributed by atoms with Crippen LogP contribution in [-0.2, 0) is 9.59 Å². The first kappa shape index (κ1) is 24.4. The first-order valence-electron chi connectivity index (χ1n) is 11.2. The summed E-state index contributed by atoms with van der Waals surface area (Å²) in [4.78, 5) is 27.4. The summed E-state index contributed by atoms with van der Waals surface area (Å²) < 4.78 is 5.32. The molecule has 0 spiro atoms. The molecule has 1 unspecified atom stereocenters. The fraction of sp³-hybridized carbons (Fsp3) is 0.565. The number of hydrogen-bond donors (Lipinski definition) is 4. The summed E-state index contributed by atoms with van der Waals surface area (Å²) in [5.74, 6) is 0.805. The summed E-state index contributed by atoms with van der Waals surface area (Å²) in [6.45, 7) is 6.43. The van der Waals surface area contributed by atoms with Gasteiger partial charge in [0.1, 0.15) is 17.5 Å². The van der Waals surface area contributed by atoms with Crippen LogP contribution in [0.15, 0.2) is 29.4 Å². The normalized spacial score (nSPS) is 19.8. The molecule has 1 saturated heterocycles. The third kappa shape index (κ3) is 6.37. The van der Waals surface area contributed by atoms with Crippen LogP contribution in [0, 0.1) is 5.92 Å². The van der Waals surface area contributed by atoms with Gasteiger partial charge in [-0.3, -0.25) is 19.8 Å². The lowest BCUT2D eigenvalue weighted by atomic mass is 9.95. The number of carbonyl (C=O) groups is 2. The highest BCUT2D eigenvalue weighted by atomic mass is 35.5. The first-order chi connectivity index (χ1) is 15.4. The van der Waals surface area contributed by atoms with Crippen molar-refractivity contribution in [2.75, 3.05) is 33.3 Å². The van der Waals surface area contributed by atoms with Gasteiger partial charge < -0.3 is 20.7 Å². The van der Waals surface area contributed by atoms with Gasteiger partial charge in [-0.25, -0.2) is 0 Å². The molecule has 1 aromatic carbocycles. The van der Waals surface area contributed by atoms with Gasteiger partial charge >= 0.3 is 0 Å². The molecule has 8 nitrogen and oxygen atoms in total. The lowest BCUT2D eigenvalue weighted by molar-refractivity contribution is -0.135. The molecule has 0 aliphatic carbocycles. The molecule has 0 radical (unpaired) electrons. The minimum atomic E-state index is -0.689. The Labute approximate surface area is 195 Å². The fourth-order valence-corrected chi connectivity index (χ4v) is 4.42. The van der Waals surface area contributed by atoms with Crippen molar-refractivity contribution in [3.05, 3.63) is 35.0 Å². The van der Waals surface area contributed by atoms with E-state index in [1.807, 2.05) is 32.0 Å². The van der Waals surface area contributed by atoms with Gasteiger partial charge in [0.2, 0.25) is 5.91 Å². The van der Waals surface area contributed by atoms with Crippen LogP contribution in [0.4, 0.5) is 0 Å². The number of rotatable bonds is 9. The summed E-state index contributed by atoms with van der Waals surface area (Å²) in [6.07, 6.45) is 2.60. The number of piperidine rings is 1. The van der Waals surface area contributed by atoms with Gasteiger partial charge in [0, 0.05) is 11.6 Å². The summed E-state index contributed by atoms with van der Waals surface area (Å²) >= 11 is 6.64. The van der Waals surface area contributed by atoms with Crippen molar-refractivity contribution in [3.8, 4) is 5.75 Å². The van der Waals surface area contributed by atoms with Crippen molar-refractivity contribution in [2.45, 2.75) is 45.3 Å². The number of methoxy groups -OCH3 is 1. The molecule has 0 saturated carbocycles. The van der Waals surface area contributed by atoms with Crippen molar-refractivity contribution >= 4 is 29.1 Å². The zero-order chi connectivity index (χ0) is 23.1. The quantitative estimate of drug-likeness (QED) is 0.417. The standard InChI is InChI=1S/C23H34ClN5O3/c1-15(2)27-19(30)14-29-20(17-5-4-6-18(13-17)32-3)21(24)28-22(23(29)31)26-12-9-16-7-10-25-11-8-16/h4-6,13,15-16,22,25-26,28H,7-12,14H2,1-3H3,(H,27,30). The second kappa shape index (κ2) is 11.5. The predicted molar refractivity (Wildman–Crippen MR) is 126 cm³/mol. The summed E-state index contributed by atoms with van der Waals surface area (Å²) in [5.41, 5.74) is 1.16.